The van der Waals surface area contributed by atoms with E-state index in [1.165, 1.54) is 0 Å². The molecule has 1 unspecified atom stereocenters. The van der Waals surface area contributed by atoms with Crippen molar-refractivity contribution in [1.82, 2.24) is 0 Å². The van der Waals surface area contributed by atoms with Crippen LogP contribution in [0, 0.1) is 0 Å². The highest BCUT2D eigenvalue weighted by atomic mass is 32.2. The number of hydrogen-bond acceptors (Lipinski definition) is 6. The van der Waals surface area contributed by atoms with E-state index in [4.69, 9.17) is 13.7 Å². The van der Waals surface area contributed by atoms with Gasteiger partial charge in [-0.25, -0.2) is 4.79 Å². The van der Waals surface area contributed by atoms with E-state index in [1.54, 1.807) is 50.2 Å². The average Bonchev–Trinajstić information content (AvgIpc) is 2.80. The molecule has 0 aliphatic rings. The number of hydrogen-bond donors (Lipinski definition) is 1. The first-order valence-electron chi connectivity index (χ1n) is 10.8. The summed E-state index contributed by atoms with van der Waals surface area (Å²) in [6.07, 6.45) is 2.08. The summed E-state index contributed by atoms with van der Waals surface area (Å²) >= 11 is 0. The van der Waals surface area contributed by atoms with Gasteiger partial charge in [0.05, 0.1) is 12.9 Å². The maximum atomic E-state index is 11.4. The van der Waals surface area contributed by atoms with Crippen LogP contribution in [0.2, 0.25) is 0 Å². The van der Waals surface area contributed by atoms with Gasteiger partial charge in [-0.3, -0.25) is 0 Å². The Bertz CT molecular complexity index is 1200. The Balaban J connectivity index is 1.51. The lowest BCUT2D eigenvalue weighted by Crippen LogP contribution is -2.40. The monoisotopic (exact) mass is 484 g/mol. The standard InChI is InChI=1S/C26H28O7S/c1-4-26(2,25(27)28)32-23-15-13-22(14-16-23)31-18-17-19-5-7-20(8-6-19)21-9-11-24(12-10-21)33-34(3,29)30/h5-16H,4,17-18H2,1-3H3,(H,27,28). The summed E-state index contributed by atoms with van der Waals surface area (Å²) in [5, 5.41) is 9.33. The minimum Gasteiger partial charge on any atom is -0.493 e. The predicted molar refractivity (Wildman–Crippen MR) is 130 cm³/mol. The van der Waals surface area contributed by atoms with Crippen molar-refractivity contribution in [3.05, 3.63) is 78.4 Å². The number of ether oxygens (including phenoxy) is 2. The highest BCUT2D eigenvalue weighted by Crippen LogP contribution is 2.25. The quantitative estimate of drug-likeness (QED) is 0.385. The summed E-state index contributed by atoms with van der Waals surface area (Å²) in [6.45, 7) is 3.80. The van der Waals surface area contributed by atoms with Gasteiger partial charge in [-0.15, -0.1) is 0 Å². The fourth-order valence-electron chi connectivity index (χ4n) is 3.16. The first-order valence-corrected chi connectivity index (χ1v) is 12.6. The van der Waals surface area contributed by atoms with Gasteiger partial charge in [0.2, 0.25) is 5.60 Å². The number of carbonyl (C=O) groups is 1. The average molecular weight is 485 g/mol. The van der Waals surface area contributed by atoms with Crippen molar-refractivity contribution >= 4 is 16.1 Å². The molecule has 3 aromatic rings. The maximum Gasteiger partial charge on any atom is 0.347 e. The van der Waals surface area contributed by atoms with Crippen LogP contribution < -0.4 is 13.7 Å². The molecule has 0 amide bonds. The van der Waals surface area contributed by atoms with Crippen LogP contribution in [0.4, 0.5) is 0 Å². The largest absolute Gasteiger partial charge is 0.493 e. The van der Waals surface area contributed by atoms with Crippen LogP contribution in [0.5, 0.6) is 17.2 Å². The van der Waals surface area contributed by atoms with Crippen molar-refractivity contribution in [1.29, 1.82) is 0 Å². The SMILES string of the molecule is CCC(C)(Oc1ccc(OCCc2ccc(-c3ccc(OS(C)(=O)=O)cc3)cc2)cc1)C(=O)O. The van der Waals surface area contributed by atoms with Crippen molar-refractivity contribution in [2.24, 2.45) is 0 Å². The summed E-state index contributed by atoms with van der Waals surface area (Å²) in [5.41, 5.74) is 1.81. The van der Waals surface area contributed by atoms with E-state index < -0.39 is 21.7 Å². The molecule has 0 fully saturated rings. The lowest BCUT2D eigenvalue weighted by atomic mass is 10.0. The minimum atomic E-state index is -3.54. The van der Waals surface area contributed by atoms with Gasteiger partial charge in [-0.2, -0.15) is 8.42 Å². The van der Waals surface area contributed by atoms with Crippen LogP contribution in [0.25, 0.3) is 11.1 Å². The highest BCUT2D eigenvalue weighted by Gasteiger charge is 2.33. The fourth-order valence-corrected chi connectivity index (χ4v) is 3.62. The molecule has 8 heteroatoms. The molecule has 0 saturated heterocycles. The molecule has 1 atom stereocenters. The van der Waals surface area contributed by atoms with E-state index in [-0.39, 0.29) is 5.75 Å². The molecule has 0 aliphatic heterocycles. The molecule has 3 aromatic carbocycles. The third kappa shape index (κ3) is 6.99. The van der Waals surface area contributed by atoms with E-state index in [0.29, 0.717) is 30.9 Å². The molecular weight excluding hydrogens is 456 g/mol. The van der Waals surface area contributed by atoms with Crippen LogP contribution in [0.3, 0.4) is 0 Å². The Morgan fingerprint density at radius 2 is 1.35 bits per heavy atom. The summed E-state index contributed by atoms with van der Waals surface area (Å²) < 4.78 is 38.7. The summed E-state index contributed by atoms with van der Waals surface area (Å²) in [4.78, 5) is 11.4. The normalized spacial score (nSPS) is 13.0. The first-order chi connectivity index (χ1) is 16.1. The zero-order chi connectivity index (χ0) is 24.8. The maximum absolute atomic E-state index is 11.4. The number of carboxylic acid groups (broad SMARTS) is 1. The molecule has 0 bridgehead atoms. The molecule has 0 radical (unpaired) electrons. The van der Waals surface area contributed by atoms with Crippen molar-refractivity contribution in [2.75, 3.05) is 12.9 Å². The zero-order valence-corrected chi connectivity index (χ0v) is 20.2. The van der Waals surface area contributed by atoms with Crippen LogP contribution in [0.1, 0.15) is 25.8 Å². The second kappa shape index (κ2) is 10.6. The zero-order valence-electron chi connectivity index (χ0n) is 19.4. The summed E-state index contributed by atoms with van der Waals surface area (Å²) in [5.74, 6) is 0.430. The Morgan fingerprint density at radius 3 is 1.85 bits per heavy atom. The van der Waals surface area contributed by atoms with Gasteiger partial charge in [-0.1, -0.05) is 43.3 Å². The minimum absolute atomic E-state index is 0.279. The Kier molecular flexibility index (Phi) is 7.83. The van der Waals surface area contributed by atoms with Crippen molar-refractivity contribution in [3.8, 4) is 28.4 Å². The summed E-state index contributed by atoms with van der Waals surface area (Å²) in [7, 11) is -3.54. The van der Waals surface area contributed by atoms with Gasteiger partial charge < -0.3 is 18.8 Å². The lowest BCUT2D eigenvalue weighted by molar-refractivity contribution is -0.154. The van der Waals surface area contributed by atoms with Crippen molar-refractivity contribution in [2.45, 2.75) is 32.3 Å². The number of aliphatic carboxylic acids is 1. The first kappa shape index (κ1) is 25.1. The van der Waals surface area contributed by atoms with Crippen molar-refractivity contribution < 1.29 is 32.0 Å². The molecule has 0 aliphatic carbocycles. The molecule has 180 valence electrons. The molecule has 0 heterocycles. The van der Waals surface area contributed by atoms with Crippen LogP contribution in [0.15, 0.2) is 72.8 Å². The van der Waals surface area contributed by atoms with Crippen LogP contribution in [-0.4, -0.2) is 38.0 Å². The van der Waals surface area contributed by atoms with Gasteiger partial charge >= 0.3 is 16.1 Å². The molecule has 3 rings (SSSR count). The molecule has 1 N–H and O–H groups in total. The molecule has 7 nitrogen and oxygen atoms in total. The Morgan fingerprint density at radius 1 is 0.853 bits per heavy atom. The second-order valence-corrected chi connectivity index (χ2v) is 9.65. The number of carboxylic acids is 1. The van der Waals surface area contributed by atoms with Gasteiger partial charge in [0.15, 0.2) is 0 Å². The third-order valence-corrected chi connectivity index (χ3v) is 5.84. The molecule has 34 heavy (non-hydrogen) atoms. The fraction of sp³-hybridized carbons (Fsp3) is 0.269. The second-order valence-electron chi connectivity index (χ2n) is 8.07. The third-order valence-electron chi connectivity index (χ3n) is 5.34. The molecule has 0 spiro atoms. The van der Waals surface area contributed by atoms with E-state index >= 15 is 0 Å². The van der Waals surface area contributed by atoms with E-state index in [2.05, 4.69) is 0 Å². The van der Waals surface area contributed by atoms with Gasteiger partial charge in [0, 0.05) is 6.42 Å². The topological polar surface area (TPSA) is 99.1 Å². The highest BCUT2D eigenvalue weighted by molar-refractivity contribution is 7.86. The van der Waals surface area contributed by atoms with Crippen LogP contribution in [-0.2, 0) is 21.3 Å². The Labute approximate surface area is 200 Å². The van der Waals surface area contributed by atoms with Crippen LogP contribution >= 0.6 is 0 Å². The Hall–Kier alpha value is -3.52. The van der Waals surface area contributed by atoms with Gasteiger partial charge in [0.1, 0.15) is 17.2 Å². The summed E-state index contributed by atoms with van der Waals surface area (Å²) in [6, 6.07) is 21.8. The van der Waals surface area contributed by atoms with E-state index in [9.17, 15) is 18.3 Å². The van der Waals surface area contributed by atoms with E-state index in [0.717, 1.165) is 22.9 Å². The number of rotatable bonds is 11. The lowest BCUT2D eigenvalue weighted by Gasteiger charge is -2.24. The predicted octanol–water partition coefficient (Wildman–Crippen LogP) is 4.95. The van der Waals surface area contributed by atoms with Gasteiger partial charge in [-0.05, 0) is 66.4 Å². The molecule has 0 aromatic heterocycles. The molecule has 0 saturated carbocycles. The van der Waals surface area contributed by atoms with E-state index in [1.807, 2.05) is 36.4 Å². The molecular formula is C26H28O7S. The van der Waals surface area contributed by atoms with Crippen molar-refractivity contribution in [3.63, 3.8) is 0 Å². The smallest absolute Gasteiger partial charge is 0.347 e. The van der Waals surface area contributed by atoms with Gasteiger partial charge in [0.25, 0.3) is 0 Å². The number of benzene rings is 3.